The molecule has 1 atom stereocenters. The van der Waals surface area contributed by atoms with Crippen molar-refractivity contribution in [3.05, 3.63) is 18.1 Å². The first kappa shape index (κ1) is 15.6. The van der Waals surface area contributed by atoms with E-state index in [0.29, 0.717) is 6.61 Å². The number of nitrogens with zero attached hydrogens (tertiary/aromatic N) is 3. The van der Waals surface area contributed by atoms with E-state index in [-0.39, 0.29) is 6.10 Å². The third kappa shape index (κ3) is 3.56. The number of anilines is 1. The minimum Gasteiger partial charge on any atom is -0.389 e. The minimum atomic E-state index is -0.520. The lowest BCUT2D eigenvalue weighted by atomic mass is 9.84. The third-order valence-electron chi connectivity index (χ3n) is 4.72. The lowest BCUT2D eigenvalue weighted by molar-refractivity contribution is -0.0775. The molecule has 0 spiro atoms. The molecule has 0 amide bonds. The molecule has 2 N–H and O–H groups in total. The molecule has 1 saturated carbocycles. The molecule has 6 nitrogen and oxygen atoms in total. The first-order valence-corrected chi connectivity index (χ1v) is 8.25. The maximum atomic E-state index is 10.8. The van der Waals surface area contributed by atoms with Gasteiger partial charge in [-0.25, -0.2) is 4.98 Å². The van der Waals surface area contributed by atoms with Gasteiger partial charge >= 0.3 is 0 Å². The summed E-state index contributed by atoms with van der Waals surface area (Å²) < 4.78 is 5.89. The molecule has 0 radical (unpaired) electrons. The van der Waals surface area contributed by atoms with Crippen LogP contribution in [0.5, 0.6) is 0 Å². The Morgan fingerprint density at radius 1 is 1.32 bits per heavy atom. The van der Waals surface area contributed by atoms with Crippen molar-refractivity contribution in [2.45, 2.75) is 43.8 Å². The van der Waals surface area contributed by atoms with Crippen molar-refractivity contribution in [2.75, 3.05) is 38.6 Å². The molecule has 0 bridgehead atoms. The second kappa shape index (κ2) is 6.89. The van der Waals surface area contributed by atoms with Gasteiger partial charge in [0.1, 0.15) is 17.6 Å². The van der Waals surface area contributed by atoms with Gasteiger partial charge in [-0.2, -0.15) is 0 Å². The van der Waals surface area contributed by atoms with Gasteiger partial charge in [-0.3, -0.25) is 9.88 Å². The van der Waals surface area contributed by atoms with Gasteiger partial charge in [-0.1, -0.05) is 19.3 Å². The van der Waals surface area contributed by atoms with Crippen molar-refractivity contribution in [2.24, 2.45) is 0 Å². The molecule has 2 aliphatic rings. The Morgan fingerprint density at radius 2 is 2.09 bits per heavy atom. The zero-order valence-electron chi connectivity index (χ0n) is 13.3. The Morgan fingerprint density at radius 3 is 2.86 bits per heavy atom. The zero-order valence-corrected chi connectivity index (χ0v) is 13.3. The van der Waals surface area contributed by atoms with Crippen LogP contribution in [0, 0.1) is 0 Å². The predicted molar refractivity (Wildman–Crippen MR) is 84.7 cm³/mol. The Kier molecular flexibility index (Phi) is 4.90. The van der Waals surface area contributed by atoms with Crippen LogP contribution in [-0.2, 0) is 4.74 Å². The van der Waals surface area contributed by atoms with Crippen molar-refractivity contribution in [1.82, 2.24) is 14.9 Å². The number of nitrogens with one attached hydrogen (secondary N) is 1. The van der Waals surface area contributed by atoms with Crippen molar-refractivity contribution in [3.63, 3.8) is 0 Å². The average Bonchev–Trinajstić information content (AvgIpc) is 2.55. The van der Waals surface area contributed by atoms with Crippen LogP contribution < -0.4 is 5.32 Å². The summed E-state index contributed by atoms with van der Waals surface area (Å²) in [5, 5.41) is 13.8. The van der Waals surface area contributed by atoms with E-state index < -0.39 is 5.60 Å². The molecule has 122 valence electrons. The molecule has 22 heavy (non-hydrogen) atoms. The fraction of sp³-hybridized carbons (Fsp3) is 0.750. The monoisotopic (exact) mass is 306 g/mol. The van der Waals surface area contributed by atoms with E-state index in [1.165, 1.54) is 6.42 Å². The normalized spacial score (nSPS) is 25.8. The number of morpholine rings is 1. The van der Waals surface area contributed by atoms with Crippen molar-refractivity contribution >= 4 is 5.82 Å². The van der Waals surface area contributed by atoms with Crippen LogP contribution in [0.4, 0.5) is 5.82 Å². The highest BCUT2D eigenvalue weighted by Crippen LogP contribution is 2.31. The Labute approximate surface area is 131 Å². The van der Waals surface area contributed by atoms with Crippen LogP contribution in [-0.4, -0.2) is 58.9 Å². The van der Waals surface area contributed by atoms with Gasteiger partial charge in [0.25, 0.3) is 0 Å². The largest absolute Gasteiger partial charge is 0.389 e. The van der Waals surface area contributed by atoms with Gasteiger partial charge < -0.3 is 15.2 Å². The molecule has 2 fully saturated rings. The lowest BCUT2D eigenvalue weighted by Gasteiger charge is -2.40. The quantitative estimate of drug-likeness (QED) is 0.880. The predicted octanol–water partition coefficient (Wildman–Crippen LogP) is 1.59. The van der Waals surface area contributed by atoms with Gasteiger partial charge in [0, 0.05) is 39.1 Å². The van der Waals surface area contributed by atoms with E-state index in [1.54, 1.807) is 12.4 Å². The molecule has 6 heteroatoms. The SMILES string of the molecule is CNc1nccnc1C1CN(CC2(O)CCCCC2)CCO1. The molecule has 0 aromatic carbocycles. The van der Waals surface area contributed by atoms with Gasteiger partial charge in [-0.15, -0.1) is 0 Å². The van der Waals surface area contributed by atoms with Crippen molar-refractivity contribution in [3.8, 4) is 0 Å². The number of rotatable bonds is 4. The van der Waals surface area contributed by atoms with Gasteiger partial charge in [-0.05, 0) is 12.8 Å². The number of hydrogen-bond donors (Lipinski definition) is 2. The summed E-state index contributed by atoms with van der Waals surface area (Å²) in [7, 11) is 1.85. The van der Waals surface area contributed by atoms with Crippen molar-refractivity contribution < 1.29 is 9.84 Å². The molecule has 1 unspecified atom stereocenters. The molecule has 1 aliphatic heterocycles. The van der Waals surface area contributed by atoms with E-state index in [9.17, 15) is 5.11 Å². The summed E-state index contributed by atoms with van der Waals surface area (Å²) in [6.45, 7) is 3.03. The smallest absolute Gasteiger partial charge is 0.150 e. The number of aliphatic hydroxyl groups is 1. The second-order valence-corrected chi connectivity index (χ2v) is 6.42. The fourth-order valence-electron chi connectivity index (χ4n) is 3.57. The fourth-order valence-corrected chi connectivity index (χ4v) is 3.57. The van der Waals surface area contributed by atoms with Crippen LogP contribution in [0.15, 0.2) is 12.4 Å². The Bertz CT molecular complexity index is 491. The summed E-state index contributed by atoms with van der Waals surface area (Å²) in [6.07, 6.45) is 8.66. The average molecular weight is 306 g/mol. The molecule has 2 heterocycles. The first-order valence-electron chi connectivity index (χ1n) is 8.25. The first-order chi connectivity index (χ1) is 10.7. The van der Waals surface area contributed by atoms with Gasteiger partial charge in [0.05, 0.1) is 12.2 Å². The topological polar surface area (TPSA) is 70.5 Å². The van der Waals surface area contributed by atoms with E-state index in [1.807, 2.05) is 7.05 Å². The summed E-state index contributed by atoms with van der Waals surface area (Å²) >= 11 is 0. The zero-order chi connectivity index (χ0) is 15.4. The van der Waals surface area contributed by atoms with E-state index in [4.69, 9.17) is 4.74 Å². The van der Waals surface area contributed by atoms with Crippen LogP contribution in [0.1, 0.15) is 43.9 Å². The van der Waals surface area contributed by atoms with Gasteiger partial charge in [0.2, 0.25) is 0 Å². The van der Waals surface area contributed by atoms with Gasteiger partial charge in [0.15, 0.2) is 0 Å². The second-order valence-electron chi connectivity index (χ2n) is 6.42. The number of β-amino-alcohol motifs (C(OH)–C–C–N with tert-alkyl or cyclic N) is 1. The highest BCUT2D eigenvalue weighted by molar-refractivity contribution is 5.40. The summed E-state index contributed by atoms with van der Waals surface area (Å²) in [5.74, 6) is 0.769. The van der Waals surface area contributed by atoms with Crippen LogP contribution in [0.25, 0.3) is 0 Å². The summed E-state index contributed by atoms with van der Waals surface area (Å²) in [4.78, 5) is 11.1. The number of hydrogen-bond acceptors (Lipinski definition) is 6. The highest BCUT2D eigenvalue weighted by atomic mass is 16.5. The molecule has 1 aromatic heterocycles. The lowest BCUT2D eigenvalue weighted by Crippen LogP contribution is -2.49. The van der Waals surface area contributed by atoms with E-state index in [2.05, 4.69) is 20.2 Å². The minimum absolute atomic E-state index is 0.0860. The molecule has 3 rings (SSSR count). The molecule has 1 aromatic rings. The Balaban J connectivity index is 1.66. The molecule has 1 saturated heterocycles. The maximum absolute atomic E-state index is 10.8. The number of ether oxygens (including phenoxy) is 1. The van der Waals surface area contributed by atoms with Crippen LogP contribution in [0.2, 0.25) is 0 Å². The molecular weight excluding hydrogens is 280 g/mol. The number of aromatic nitrogens is 2. The summed E-state index contributed by atoms with van der Waals surface area (Å²) in [6, 6.07) is 0. The molecular formula is C16H26N4O2. The standard InChI is InChI=1S/C16H26N4O2/c1-17-15-14(18-7-8-19-15)13-11-20(9-10-22-13)12-16(21)5-3-2-4-6-16/h7-8,13,21H,2-6,9-12H2,1H3,(H,17,19). The van der Waals surface area contributed by atoms with Crippen LogP contribution in [0.3, 0.4) is 0 Å². The highest BCUT2D eigenvalue weighted by Gasteiger charge is 2.34. The van der Waals surface area contributed by atoms with E-state index >= 15 is 0 Å². The van der Waals surface area contributed by atoms with Crippen LogP contribution >= 0.6 is 0 Å². The Hall–Kier alpha value is -1.24. The third-order valence-corrected chi connectivity index (χ3v) is 4.72. The van der Waals surface area contributed by atoms with E-state index in [0.717, 1.165) is 56.8 Å². The summed E-state index contributed by atoms with van der Waals surface area (Å²) in [5.41, 5.74) is 0.333. The van der Waals surface area contributed by atoms with Crippen molar-refractivity contribution in [1.29, 1.82) is 0 Å². The maximum Gasteiger partial charge on any atom is 0.150 e. The molecule has 1 aliphatic carbocycles.